The van der Waals surface area contributed by atoms with E-state index in [1.807, 2.05) is 30.3 Å². The highest BCUT2D eigenvalue weighted by atomic mass is 16.5. The molecule has 122 valence electrons. The molecule has 0 spiro atoms. The topological polar surface area (TPSA) is 67.8 Å². The maximum absolute atomic E-state index is 11.7. The van der Waals surface area contributed by atoms with E-state index in [0.717, 1.165) is 16.8 Å². The largest absolute Gasteiger partial charge is 0.493 e. The molecule has 5 nitrogen and oxygen atoms in total. The van der Waals surface area contributed by atoms with Gasteiger partial charge in [-0.05, 0) is 35.4 Å². The highest BCUT2D eigenvalue weighted by molar-refractivity contribution is 6.20. The van der Waals surface area contributed by atoms with Crippen molar-refractivity contribution in [3.05, 3.63) is 65.9 Å². The van der Waals surface area contributed by atoms with Gasteiger partial charge in [-0.3, -0.25) is 0 Å². The molecule has 0 saturated carbocycles. The first-order chi connectivity index (χ1) is 11.6. The molecule has 0 amide bonds. The smallest absolute Gasteiger partial charge is 0.336 e. The first kappa shape index (κ1) is 15.7. The van der Waals surface area contributed by atoms with Crippen molar-refractivity contribution in [3.8, 4) is 11.5 Å². The van der Waals surface area contributed by atoms with Crippen LogP contribution in [0.1, 0.15) is 11.1 Å². The second-order valence-corrected chi connectivity index (χ2v) is 5.22. The van der Waals surface area contributed by atoms with Crippen LogP contribution in [0.5, 0.6) is 11.5 Å². The van der Waals surface area contributed by atoms with Crippen molar-refractivity contribution in [1.29, 1.82) is 0 Å². The van der Waals surface area contributed by atoms with Crippen LogP contribution in [0, 0.1) is 0 Å². The van der Waals surface area contributed by atoms with Crippen molar-refractivity contribution < 1.29 is 19.4 Å². The lowest BCUT2D eigenvalue weighted by Gasteiger charge is -2.10. The van der Waals surface area contributed by atoms with E-state index in [2.05, 4.69) is 5.32 Å². The quantitative estimate of drug-likeness (QED) is 0.899. The number of ether oxygens (including phenoxy) is 2. The second-order valence-electron chi connectivity index (χ2n) is 5.22. The molecule has 0 saturated heterocycles. The number of aliphatic carboxylic acids is 1. The fourth-order valence-electron chi connectivity index (χ4n) is 2.63. The Hall–Kier alpha value is -3.21. The molecule has 2 aromatic rings. The van der Waals surface area contributed by atoms with Crippen molar-refractivity contribution in [2.75, 3.05) is 19.5 Å². The van der Waals surface area contributed by atoms with Gasteiger partial charge in [0.05, 0.1) is 19.8 Å². The highest BCUT2D eigenvalue weighted by Gasteiger charge is 2.18. The van der Waals surface area contributed by atoms with Crippen molar-refractivity contribution in [3.63, 3.8) is 0 Å². The minimum absolute atomic E-state index is 0.233. The van der Waals surface area contributed by atoms with E-state index in [-0.39, 0.29) is 5.57 Å². The van der Waals surface area contributed by atoms with Gasteiger partial charge in [0.1, 0.15) is 0 Å². The number of rotatable bonds is 4. The molecule has 0 bridgehead atoms. The molecule has 0 unspecified atom stereocenters. The summed E-state index contributed by atoms with van der Waals surface area (Å²) in [6.45, 7) is 0. The van der Waals surface area contributed by atoms with Gasteiger partial charge < -0.3 is 19.9 Å². The number of hydrogen-bond donors (Lipinski definition) is 2. The average molecular weight is 323 g/mol. The molecule has 3 rings (SSSR count). The molecule has 5 heteroatoms. The van der Waals surface area contributed by atoms with Gasteiger partial charge in [-0.2, -0.15) is 0 Å². The molecule has 2 aromatic carbocycles. The maximum atomic E-state index is 11.7. The number of fused-ring (bicyclic) bond motifs is 1. The van der Waals surface area contributed by atoms with Crippen LogP contribution in [0.2, 0.25) is 0 Å². The molecular formula is C19H17NO4. The number of benzene rings is 2. The van der Waals surface area contributed by atoms with Crippen molar-refractivity contribution in [1.82, 2.24) is 0 Å². The molecule has 1 aliphatic heterocycles. The Labute approximate surface area is 139 Å². The Morgan fingerprint density at radius 1 is 1.04 bits per heavy atom. The van der Waals surface area contributed by atoms with E-state index in [4.69, 9.17) is 9.47 Å². The fourth-order valence-corrected chi connectivity index (χ4v) is 2.63. The summed E-state index contributed by atoms with van der Waals surface area (Å²) < 4.78 is 10.6. The number of allylic oxidation sites excluding steroid dienone is 2. The number of para-hydroxylation sites is 1. The summed E-state index contributed by atoms with van der Waals surface area (Å²) in [5.74, 6) is 0.231. The Morgan fingerprint density at radius 2 is 1.79 bits per heavy atom. The van der Waals surface area contributed by atoms with Crippen LogP contribution in [0.3, 0.4) is 0 Å². The predicted molar refractivity (Wildman–Crippen MR) is 93.2 cm³/mol. The Kier molecular flexibility index (Phi) is 4.24. The van der Waals surface area contributed by atoms with Gasteiger partial charge in [0.25, 0.3) is 0 Å². The zero-order chi connectivity index (χ0) is 17.1. The van der Waals surface area contributed by atoms with Gasteiger partial charge in [0.2, 0.25) is 0 Å². The number of carboxylic acids is 1. The molecule has 0 atom stereocenters. The molecule has 24 heavy (non-hydrogen) atoms. The predicted octanol–water partition coefficient (Wildman–Crippen LogP) is 3.64. The number of carbonyl (C=O) groups is 1. The number of nitrogens with one attached hydrogen (secondary N) is 1. The minimum Gasteiger partial charge on any atom is -0.493 e. The summed E-state index contributed by atoms with van der Waals surface area (Å²) in [5, 5.41) is 12.8. The van der Waals surface area contributed by atoms with E-state index >= 15 is 0 Å². The zero-order valence-corrected chi connectivity index (χ0v) is 13.4. The monoisotopic (exact) mass is 323 g/mol. The SMILES string of the molecule is COc1ccc(C2=CNc3ccccc3C(C(=O)O)=C2)cc1OC. The molecule has 1 aliphatic rings. The maximum Gasteiger partial charge on any atom is 0.336 e. The summed E-state index contributed by atoms with van der Waals surface area (Å²) in [5.41, 5.74) is 3.20. The summed E-state index contributed by atoms with van der Waals surface area (Å²) in [7, 11) is 3.14. The molecule has 0 radical (unpaired) electrons. The lowest BCUT2D eigenvalue weighted by atomic mass is 9.99. The second kappa shape index (κ2) is 6.50. The number of hydrogen-bond acceptors (Lipinski definition) is 4. The summed E-state index contributed by atoms with van der Waals surface area (Å²) in [6, 6.07) is 12.8. The number of methoxy groups -OCH3 is 2. The van der Waals surface area contributed by atoms with Gasteiger partial charge in [-0.1, -0.05) is 24.3 Å². The number of carboxylic acid groups (broad SMARTS) is 1. The summed E-state index contributed by atoms with van der Waals surface area (Å²) in [4.78, 5) is 11.7. The van der Waals surface area contributed by atoms with E-state index < -0.39 is 5.97 Å². The van der Waals surface area contributed by atoms with E-state index in [9.17, 15) is 9.90 Å². The molecule has 0 aromatic heterocycles. The summed E-state index contributed by atoms with van der Waals surface area (Å²) in [6.07, 6.45) is 3.44. The van der Waals surface area contributed by atoms with Crippen LogP contribution in [-0.2, 0) is 4.79 Å². The lowest BCUT2D eigenvalue weighted by Crippen LogP contribution is -2.01. The van der Waals surface area contributed by atoms with Crippen LogP contribution >= 0.6 is 0 Å². The van der Waals surface area contributed by atoms with Crippen LogP contribution in [0.15, 0.2) is 54.7 Å². The van der Waals surface area contributed by atoms with Gasteiger partial charge in [0, 0.05) is 17.5 Å². The van der Waals surface area contributed by atoms with E-state index in [0.29, 0.717) is 17.1 Å². The first-order valence-corrected chi connectivity index (χ1v) is 7.37. The Bertz CT molecular complexity index is 852. The van der Waals surface area contributed by atoms with Gasteiger partial charge in [-0.25, -0.2) is 4.79 Å². The molecule has 1 heterocycles. The van der Waals surface area contributed by atoms with E-state index in [1.54, 1.807) is 38.6 Å². The highest BCUT2D eigenvalue weighted by Crippen LogP contribution is 2.34. The van der Waals surface area contributed by atoms with Crippen LogP contribution in [0.4, 0.5) is 5.69 Å². The normalized spacial score (nSPS) is 12.9. The third-order valence-electron chi connectivity index (χ3n) is 3.85. The van der Waals surface area contributed by atoms with Crippen molar-refractivity contribution in [2.24, 2.45) is 0 Å². The third kappa shape index (κ3) is 2.84. The molecule has 2 N–H and O–H groups in total. The van der Waals surface area contributed by atoms with Crippen LogP contribution in [0.25, 0.3) is 11.1 Å². The third-order valence-corrected chi connectivity index (χ3v) is 3.85. The summed E-state index contributed by atoms with van der Waals surface area (Å²) >= 11 is 0. The Balaban J connectivity index is 2.11. The van der Waals surface area contributed by atoms with Crippen LogP contribution in [-0.4, -0.2) is 25.3 Å². The van der Waals surface area contributed by atoms with Crippen molar-refractivity contribution in [2.45, 2.75) is 0 Å². The zero-order valence-electron chi connectivity index (χ0n) is 13.4. The standard InChI is InChI=1S/C19H17NO4/c1-23-17-8-7-12(10-18(17)24-2)13-9-15(19(21)22)14-5-3-4-6-16(14)20-11-13/h3-11,20H,1-2H3,(H,21,22). The number of anilines is 1. The molecule has 0 aliphatic carbocycles. The Morgan fingerprint density at radius 3 is 2.50 bits per heavy atom. The van der Waals surface area contributed by atoms with Crippen LogP contribution < -0.4 is 14.8 Å². The van der Waals surface area contributed by atoms with Crippen molar-refractivity contribution >= 4 is 22.8 Å². The van der Waals surface area contributed by atoms with Gasteiger partial charge in [0.15, 0.2) is 11.5 Å². The fraction of sp³-hybridized carbons (Fsp3) is 0.105. The first-order valence-electron chi connectivity index (χ1n) is 7.37. The van der Waals surface area contributed by atoms with Gasteiger partial charge >= 0.3 is 5.97 Å². The molecule has 0 fully saturated rings. The molecular weight excluding hydrogens is 306 g/mol. The average Bonchev–Trinajstić information content (AvgIpc) is 2.81. The lowest BCUT2D eigenvalue weighted by molar-refractivity contribution is -0.130. The van der Waals surface area contributed by atoms with E-state index in [1.165, 1.54) is 0 Å². The minimum atomic E-state index is -0.975. The van der Waals surface area contributed by atoms with Gasteiger partial charge in [-0.15, -0.1) is 0 Å².